The van der Waals surface area contributed by atoms with Gasteiger partial charge in [0.25, 0.3) is 5.91 Å². The van der Waals surface area contributed by atoms with Crippen LogP contribution in [-0.4, -0.2) is 51.0 Å². The molecule has 0 radical (unpaired) electrons. The van der Waals surface area contributed by atoms with E-state index in [-0.39, 0.29) is 5.91 Å². The number of hydrogen-bond donors (Lipinski definition) is 1. The lowest BCUT2D eigenvalue weighted by atomic mass is 10.0. The minimum Gasteiger partial charge on any atom is -0.336 e. The normalized spacial score (nSPS) is 15.5. The number of hydrogen-bond acceptors (Lipinski definition) is 4. The van der Waals surface area contributed by atoms with Gasteiger partial charge in [-0.3, -0.25) is 9.36 Å². The molecule has 3 rings (SSSR count). The summed E-state index contributed by atoms with van der Waals surface area (Å²) in [4.78, 5) is 23.3. The van der Waals surface area contributed by atoms with Crippen molar-refractivity contribution >= 4 is 5.91 Å². The number of carbonyl (C=O) groups excluding carboxylic acids is 1. The molecule has 3 heterocycles. The van der Waals surface area contributed by atoms with Crippen LogP contribution in [0.15, 0.2) is 37.1 Å². The van der Waals surface area contributed by atoms with Gasteiger partial charge in [-0.1, -0.05) is 6.92 Å². The summed E-state index contributed by atoms with van der Waals surface area (Å²) in [5, 5.41) is 3.35. The van der Waals surface area contributed by atoms with Gasteiger partial charge in [-0.15, -0.1) is 0 Å². The Labute approximate surface area is 136 Å². The Morgan fingerprint density at radius 1 is 1.39 bits per heavy atom. The highest BCUT2D eigenvalue weighted by atomic mass is 16.2. The van der Waals surface area contributed by atoms with Crippen LogP contribution in [0.25, 0.3) is 5.82 Å². The van der Waals surface area contributed by atoms with E-state index in [2.05, 4.69) is 22.2 Å². The molecule has 1 aliphatic heterocycles. The molecule has 0 spiro atoms. The van der Waals surface area contributed by atoms with Gasteiger partial charge in [-0.05, 0) is 44.5 Å². The molecule has 0 unspecified atom stereocenters. The standard InChI is InChI=1S/C17H23N5O/c1-2-10-22(15-5-7-18-8-6-15)17(23)14-3-4-16(20-12-14)21-11-9-19-13-21/h3-4,9,11-13,15,18H,2,5-8,10H2,1H3. The summed E-state index contributed by atoms with van der Waals surface area (Å²) in [6.45, 7) is 4.88. The smallest absolute Gasteiger partial charge is 0.255 e. The van der Waals surface area contributed by atoms with Crippen molar-refractivity contribution in [1.29, 1.82) is 0 Å². The zero-order valence-corrected chi connectivity index (χ0v) is 13.5. The molecule has 122 valence electrons. The van der Waals surface area contributed by atoms with Crippen molar-refractivity contribution in [3.63, 3.8) is 0 Å². The number of nitrogens with zero attached hydrogens (tertiary/aromatic N) is 4. The maximum atomic E-state index is 12.9. The molecule has 23 heavy (non-hydrogen) atoms. The first-order chi connectivity index (χ1) is 11.3. The molecule has 0 atom stereocenters. The minimum absolute atomic E-state index is 0.0865. The number of imidazole rings is 1. The van der Waals surface area contributed by atoms with Crippen LogP contribution in [0.5, 0.6) is 0 Å². The quantitative estimate of drug-likeness (QED) is 0.915. The molecular weight excluding hydrogens is 290 g/mol. The first-order valence-corrected chi connectivity index (χ1v) is 8.25. The van der Waals surface area contributed by atoms with Gasteiger partial charge in [0.05, 0.1) is 5.56 Å². The third-order valence-corrected chi connectivity index (χ3v) is 4.24. The fourth-order valence-electron chi connectivity index (χ4n) is 3.03. The first-order valence-electron chi connectivity index (χ1n) is 8.25. The van der Waals surface area contributed by atoms with E-state index in [1.54, 1.807) is 18.7 Å². The third-order valence-electron chi connectivity index (χ3n) is 4.24. The van der Waals surface area contributed by atoms with Gasteiger partial charge >= 0.3 is 0 Å². The van der Waals surface area contributed by atoms with Crippen LogP contribution in [0.1, 0.15) is 36.5 Å². The van der Waals surface area contributed by atoms with Crippen LogP contribution < -0.4 is 5.32 Å². The Morgan fingerprint density at radius 2 is 2.22 bits per heavy atom. The monoisotopic (exact) mass is 313 g/mol. The number of pyridine rings is 1. The number of piperidine rings is 1. The average molecular weight is 313 g/mol. The van der Waals surface area contributed by atoms with Crippen molar-refractivity contribution in [3.05, 3.63) is 42.6 Å². The molecule has 1 N–H and O–H groups in total. The van der Waals surface area contributed by atoms with E-state index >= 15 is 0 Å². The molecule has 6 heteroatoms. The Morgan fingerprint density at radius 3 is 2.83 bits per heavy atom. The van der Waals surface area contributed by atoms with Crippen LogP contribution in [0.4, 0.5) is 0 Å². The molecular formula is C17H23N5O. The summed E-state index contributed by atoms with van der Waals surface area (Å²) < 4.78 is 1.82. The Balaban J connectivity index is 1.76. The summed E-state index contributed by atoms with van der Waals surface area (Å²) in [6.07, 6.45) is 9.92. The number of nitrogens with one attached hydrogen (secondary N) is 1. The van der Waals surface area contributed by atoms with E-state index < -0.39 is 0 Å². The Hall–Kier alpha value is -2.21. The second-order valence-electron chi connectivity index (χ2n) is 5.85. The number of aromatic nitrogens is 3. The SMILES string of the molecule is CCCN(C(=O)c1ccc(-n2ccnc2)nc1)C1CCNCC1. The Bertz CT molecular complexity index is 617. The molecule has 1 fully saturated rings. The lowest BCUT2D eigenvalue weighted by Gasteiger charge is -2.34. The number of carbonyl (C=O) groups is 1. The van der Waals surface area contributed by atoms with E-state index in [1.165, 1.54) is 0 Å². The van der Waals surface area contributed by atoms with E-state index in [9.17, 15) is 4.79 Å². The summed E-state index contributed by atoms with van der Waals surface area (Å²) in [6, 6.07) is 4.05. The predicted molar refractivity (Wildman–Crippen MR) is 88.6 cm³/mol. The van der Waals surface area contributed by atoms with Gasteiger partial charge in [0, 0.05) is 31.2 Å². The van der Waals surface area contributed by atoms with E-state index in [1.807, 2.05) is 27.8 Å². The molecule has 0 aliphatic carbocycles. The topological polar surface area (TPSA) is 63.1 Å². The second-order valence-corrected chi connectivity index (χ2v) is 5.85. The maximum absolute atomic E-state index is 12.9. The summed E-state index contributed by atoms with van der Waals surface area (Å²) in [5.74, 6) is 0.853. The first kappa shape index (κ1) is 15.7. The van der Waals surface area contributed by atoms with E-state index in [0.29, 0.717) is 11.6 Å². The lowest BCUT2D eigenvalue weighted by molar-refractivity contribution is 0.0642. The average Bonchev–Trinajstić information content (AvgIpc) is 3.15. The molecule has 1 aliphatic rings. The van der Waals surface area contributed by atoms with Gasteiger partial charge in [-0.25, -0.2) is 9.97 Å². The lowest BCUT2D eigenvalue weighted by Crippen LogP contribution is -2.46. The van der Waals surface area contributed by atoms with Crippen LogP contribution in [0.3, 0.4) is 0 Å². The van der Waals surface area contributed by atoms with Gasteiger partial charge in [0.1, 0.15) is 12.1 Å². The van der Waals surface area contributed by atoms with Gasteiger partial charge in [-0.2, -0.15) is 0 Å². The number of rotatable bonds is 5. The van der Waals surface area contributed by atoms with Gasteiger partial charge < -0.3 is 10.2 Å². The van der Waals surface area contributed by atoms with Crippen LogP contribution >= 0.6 is 0 Å². The third kappa shape index (κ3) is 3.59. The zero-order valence-electron chi connectivity index (χ0n) is 13.5. The highest BCUT2D eigenvalue weighted by Gasteiger charge is 2.25. The fourth-order valence-corrected chi connectivity index (χ4v) is 3.03. The molecule has 0 saturated carbocycles. The molecule has 2 aromatic rings. The summed E-state index contributed by atoms with van der Waals surface area (Å²) in [7, 11) is 0. The largest absolute Gasteiger partial charge is 0.336 e. The molecule has 0 bridgehead atoms. The maximum Gasteiger partial charge on any atom is 0.255 e. The van der Waals surface area contributed by atoms with Crippen molar-refractivity contribution in [3.8, 4) is 5.82 Å². The predicted octanol–water partition coefficient (Wildman–Crippen LogP) is 1.87. The van der Waals surface area contributed by atoms with Crippen molar-refractivity contribution in [1.82, 2.24) is 24.8 Å². The summed E-state index contributed by atoms with van der Waals surface area (Å²) >= 11 is 0. The molecule has 1 saturated heterocycles. The van der Waals surface area contributed by atoms with Crippen molar-refractivity contribution in [2.75, 3.05) is 19.6 Å². The highest BCUT2D eigenvalue weighted by molar-refractivity contribution is 5.94. The zero-order chi connectivity index (χ0) is 16.1. The van der Waals surface area contributed by atoms with Crippen molar-refractivity contribution in [2.45, 2.75) is 32.2 Å². The Kier molecular flexibility index (Phi) is 5.02. The minimum atomic E-state index is 0.0865. The molecule has 2 aromatic heterocycles. The van der Waals surface area contributed by atoms with Gasteiger partial charge in [0.2, 0.25) is 0 Å². The molecule has 0 aromatic carbocycles. The number of amides is 1. The fraction of sp³-hybridized carbons (Fsp3) is 0.471. The van der Waals surface area contributed by atoms with Crippen LogP contribution in [0.2, 0.25) is 0 Å². The van der Waals surface area contributed by atoms with E-state index in [4.69, 9.17) is 0 Å². The molecule has 6 nitrogen and oxygen atoms in total. The van der Waals surface area contributed by atoms with Crippen molar-refractivity contribution in [2.24, 2.45) is 0 Å². The highest BCUT2D eigenvalue weighted by Crippen LogP contribution is 2.16. The van der Waals surface area contributed by atoms with E-state index in [0.717, 1.165) is 44.7 Å². The summed E-state index contributed by atoms with van der Waals surface area (Å²) in [5.41, 5.74) is 0.654. The second kappa shape index (κ2) is 7.37. The molecule has 1 amide bonds. The van der Waals surface area contributed by atoms with Crippen LogP contribution in [0, 0.1) is 0 Å². The van der Waals surface area contributed by atoms with Crippen molar-refractivity contribution < 1.29 is 4.79 Å². The van der Waals surface area contributed by atoms with Crippen LogP contribution in [-0.2, 0) is 0 Å². The van der Waals surface area contributed by atoms with Gasteiger partial charge in [0.15, 0.2) is 0 Å².